The number of benzene rings is 1. The van der Waals surface area contributed by atoms with E-state index >= 15 is 0 Å². The first-order valence-corrected chi connectivity index (χ1v) is 9.99. The second-order valence-corrected chi connectivity index (χ2v) is 6.73. The normalized spacial score (nSPS) is 13.8. The molecule has 2 aromatic rings. The molecule has 3 rings (SSSR count). The third kappa shape index (κ3) is 5.97. The molecule has 0 unspecified atom stereocenters. The van der Waals surface area contributed by atoms with Crippen molar-refractivity contribution in [3.05, 3.63) is 42.2 Å². The highest BCUT2D eigenvalue weighted by Crippen LogP contribution is 2.29. The molecular weight excluding hydrogens is 374 g/mol. The van der Waals surface area contributed by atoms with Crippen LogP contribution in [0.25, 0.3) is 0 Å². The fraction of sp³-hybridized carbons (Fsp3) is 0.476. The summed E-state index contributed by atoms with van der Waals surface area (Å²) >= 11 is 0. The Morgan fingerprint density at radius 3 is 2.66 bits per heavy atom. The average molecular weight is 401 g/mol. The van der Waals surface area contributed by atoms with Crippen LogP contribution in [0.15, 0.2) is 36.7 Å². The van der Waals surface area contributed by atoms with Crippen molar-refractivity contribution in [2.75, 3.05) is 32.9 Å². The van der Waals surface area contributed by atoms with Crippen molar-refractivity contribution in [1.29, 1.82) is 0 Å². The Kier molecular flexibility index (Phi) is 7.49. The van der Waals surface area contributed by atoms with Crippen LogP contribution in [0.3, 0.4) is 0 Å². The lowest BCUT2D eigenvalue weighted by atomic mass is 10.1. The minimum Gasteiger partial charge on any atom is -0.490 e. The molecule has 1 fully saturated rings. The van der Waals surface area contributed by atoms with E-state index in [9.17, 15) is 9.59 Å². The van der Waals surface area contributed by atoms with Crippen molar-refractivity contribution >= 4 is 11.9 Å². The number of piperidine rings is 1. The van der Waals surface area contributed by atoms with Crippen molar-refractivity contribution in [3.63, 3.8) is 0 Å². The number of hydrogen-bond donors (Lipinski definition) is 0. The predicted octanol–water partition coefficient (Wildman–Crippen LogP) is 2.53. The van der Waals surface area contributed by atoms with Crippen molar-refractivity contribution in [1.82, 2.24) is 14.7 Å². The Balaban J connectivity index is 1.56. The van der Waals surface area contributed by atoms with Gasteiger partial charge in [-0.1, -0.05) is 0 Å². The molecule has 0 atom stereocenters. The summed E-state index contributed by atoms with van der Waals surface area (Å²) in [6.45, 7) is 4.47. The summed E-state index contributed by atoms with van der Waals surface area (Å²) in [5.74, 6) is 0.370. The number of amides is 1. The van der Waals surface area contributed by atoms with E-state index in [-0.39, 0.29) is 19.1 Å². The number of ether oxygens (including phenoxy) is 3. The van der Waals surface area contributed by atoms with Crippen LogP contribution in [0.1, 0.15) is 36.5 Å². The Bertz CT molecular complexity index is 801. The summed E-state index contributed by atoms with van der Waals surface area (Å²) in [6.07, 6.45) is 6.71. The summed E-state index contributed by atoms with van der Waals surface area (Å²) in [5.41, 5.74) is 0.364. The Labute approximate surface area is 170 Å². The zero-order chi connectivity index (χ0) is 20.5. The van der Waals surface area contributed by atoms with Gasteiger partial charge in [0.25, 0.3) is 5.91 Å². The average Bonchev–Trinajstić information content (AvgIpc) is 3.27. The molecule has 0 spiro atoms. The van der Waals surface area contributed by atoms with Gasteiger partial charge in [0.2, 0.25) is 0 Å². The van der Waals surface area contributed by atoms with E-state index in [1.165, 1.54) is 6.42 Å². The smallest absolute Gasteiger partial charge is 0.338 e. The third-order valence-corrected chi connectivity index (χ3v) is 4.65. The van der Waals surface area contributed by atoms with Crippen LogP contribution < -0.4 is 9.47 Å². The second kappa shape index (κ2) is 10.5. The quantitative estimate of drug-likeness (QED) is 0.601. The lowest BCUT2D eigenvalue weighted by Crippen LogP contribution is -2.38. The first-order valence-electron chi connectivity index (χ1n) is 9.99. The highest BCUT2D eigenvalue weighted by atomic mass is 16.5. The van der Waals surface area contributed by atoms with E-state index in [2.05, 4.69) is 5.10 Å². The van der Waals surface area contributed by atoms with Gasteiger partial charge in [-0.25, -0.2) is 4.79 Å². The van der Waals surface area contributed by atoms with Crippen LogP contribution in [-0.2, 0) is 16.1 Å². The van der Waals surface area contributed by atoms with Crippen LogP contribution >= 0.6 is 0 Å². The number of hydrogen-bond acceptors (Lipinski definition) is 6. The highest BCUT2D eigenvalue weighted by Gasteiger charge is 2.18. The maximum Gasteiger partial charge on any atom is 0.338 e. The van der Waals surface area contributed by atoms with Crippen molar-refractivity contribution < 1.29 is 23.8 Å². The van der Waals surface area contributed by atoms with Gasteiger partial charge in [0.05, 0.1) is 18.7 Å². The van der Waals surface area contributed by atoms with Gasteiger partial charge in [0.15, 0.2) is 18.1 Å². The number of esters is 1. The molecule has 0 bridgehead atoms. The van der Waals surface area contributed by atoms with Crippen LogP contribution in [0.4, 0.5) is 0 Å². The minimum atomic E-state index is -0.450. The fourth-order valence-corrected chi connectivity index (χ4v) is 3.14. The SMILES string of the molecule is CCOc1cc(C(=O)OCCn2cccn2)ccc1OCC(=O)N1CCCCC1. The first-order chi connectivity index (χ1) is 14.2. The zero-order valence-corrected chi connectivity index (χ0v) is 16.7. The molecule has 1 aromatic carbocycles. The summed E-state index contributed by atoms with van der Waals surface area (Å²) < 4.78 is 18.3. The van der Waals surface area contributed by atoms with Crippen LogP contribution in [0, 0.1) is 0 Å². The van der Waals surface area contributed by atoms with Gasteiger partial charge in [-0.15, -0.1) is 0 Å². The predicted molar refractivity (Wildman–Crippen MR) is 106 cm³/mol. The fourth-order valence-electron chi connectivity index (χ4n) is 3.14. The molecule has 1 aliphatic rings. The van der Waals surface area contributed by atoms with Gasteiger partial charge in [0.1, 0.15) is 6.61 Å². The first kappa shape index (κ1) is 20.7. The largest absolute Gasteiger partial charge is 0.490 e. The van der Waals surface area contributed by atoms with Gasteiger partial charge in [-0.3, -0.25) is 9.48 Å². The van der Waals surface area contributed by atoms with Crippen molar-refractivity contribution in [3.8, 4) is 11.5 Å². The molecule has 0 N–H and O–H groups in total. The standard InChI is InChI=1S/C21H27N3O5/c1-2-27-19-15-17(21(26)28-14-13-24-12-6-9-22-24)7-8-18(19)29-16-20(25)23-10-4-3-5-11-23/h6-9,12,15H,2-5,10-11,13-14,16H2,1H3. The van der Waals surface area contributed by atoms with Gasteiger partial charge in [-0.2, -0.15) is 5.10 Å². The third-order valence-electron chi connectivity index (χ3n) is 4.65. The Morgan fingerprint density at radius 1 is 1.10 bits per heavy atom. The van der Waals surface area contributed by atoms with Gasteiger partial charge in [0, 0.05) is 25.5 Å². The van der Waals surface area contributed by atoms with E-state index in [4.69, 9.17) is 14.2 Å². The maximum absolute atomic E-state index is 12.3. The maximum atomic E-state index is 12.3. The lowest BCUT2D eigenvalue weighted by Gasteiger charge is -2.26. The Morgan fingerprint density at radius 2 is 1.93 bits per heavy atom. The number of rotatable bonds is 9. The number of likely N-dealkylation sites (tertiary alicyclic amines) is 1. The molecule has 1 aliphatic heterocycles. The molecule has 0 aliphatic carbocycles. The molecule has 1 amide bonds. The highest BCUT2D eigenvalue weighted by molar-refractivity contribution is 5.90. The summed E-state index contributed by atoms with van der Waals surface area (Å²) in [5, 5.41) is 4.06. The van der Waals surface area contributed by atoms with E-state index in [1.807, 2.05) is 17.9 Å². The molecule has 29 heavy (non-hydrogen) atoms. The summed E-state index contributed by atoms with van der Waals surface area (Å²) in [7, 11) is 0. The van der Waals surface area contributed by atoms with Crippen molar-refractivity contribution in [2.24, 2.45) is 0 Å². The molecule has 156 valence electrons. The lowest BCUT2D eigenvalue weighted by molar-refractivity contribution is -0.134. The van der Waals surface area contributed by atoms with Crippen LogP contribution in [0.5, 0.6) is 11.5 Å². The molecule has 2 heterocycles. The van der Waals surface area contributed by atoms with Gasteiger partial charge >= 0.3 is 5.97 Å². The van der Waals surface area contributed by atoms with E-state index in [0.717, 1.165) is 25.9 Å². The molecule has 8 nitrogen and oxygen atoms in total. The van der Waals surface area contributed by atoms with Gasteiger partial charge < -0.3 is 19.1 Å². The monoisotopic (exact) mass is 401 g/mol. The summed E-state index contributed by atoms with van der Waals surface area (Å²) in [6, 6.07) is 6.64. The van der Waals surface area contributed by atoms with Crippen molar-refractivity contribution in [2.45, 2.75) is 32.7 Å². The number of carbonyl (C=O) groups is 2. The molecule has 1 aromatic heterocycles. The van der Waals surface area contributed by atoms with Crippen LogP contribution in [0.2, 0.25) is 0 Å². The molecule has 0 radical (unpaired) electrons. The Hall–Kier alpha value is -3.03. The molecule has 1 saturated heterocycles. The second-order valence-electron chi connectivity index (χ2n) is 6.73. The van der Waals surface area contributed by atoms with E-state index in [1.54, 1.807) is 35.3 Å². The van der Waals surface area contributed by atoms with E-state index < -0.39 is 5.97 Å². The molecular formula is C21H27N3O5. The number of nitrogens with zero attached hydrogens (tertiary/aromatic N) is 3. The molecule has 8 heteroatoms. The van der Waals surface area contributed by atoms with Gasteiger partial charge in [-0.05, 0) is 50.5 Å². The topological polar surface area (TPSA) is 82.9 Å². The van der Waals surface area contributed by atoms with E-state index in [0.29, 0.717) is 30.2 Å². The zero-order valence-electron chi connectivity index (χ0n) is 16.7. The number of aromatic nitrogens is 2. The molecule has 0 saturated carbocycles. The van der Waals surface area contributed by atoms with Crippen LogP contribution in [-0.4, -0.2) is 59.5 Å². The minimum absolute atomic E-state index is 0.0331. The number of carbonyl (C=O) groups excluding carboxylic acids is 2. The summed E-state index contributed by atoms with van der Waals surface area (Å²) in [4.78, 5) is 26.4.